The van der Waals surface area contributed by atoms with E-state index in [4.69, 9.17) is 3.01 Å². The van der Waals surface area contributed by atoms with Crippen molar-refractivity contribution in [1.82, 2.24) is 0 Å². The molecule has 44 valence electrons. The summed E-state index contributed by atoms with van der Waals surface area (Å²) < 4.78 is 9.73. The molecule has 0 unspecified atom stereocenters. The van der Waals surface area contributed by atoms with Gasteiger partial charge in [0.2, 0.25) is 0 Å². The van der Waals surface area contributed by atoms with Gasteiger partial charge in [-0.05, 0) is 0 Å². The van der Waals surface area contributed by atoms with Crippen LogP contribution in [0.25, 0.3) is 0 Å². The molecule has 0 radical (unpaired) electrons. The maximum atomic E-state index is 8.74. The third-order valence-electron chi connectivity index (χ3n) is 1.24. The van der Waals surface area contributed by atoms with Crippen molar-refractivity contribution in [3.8, 4) is 0 Å². The molecule has 0 aliphatic carbocycles. The fourth-order valence-electron chi connectivity index (χ4n) is 0.774. The molecule has 0 fully saturated rings. The third-order valence-corrected chi connectivity index (χ3v) is 4.36. The first-order valence-electron chi connectivity index (χ1n) is 3.08. The number of hydrogen-bond acceptors (Lipinski definition) is 1. The van der Waals surface area contributed by atoms with Gasteiger partial charge in [-0.2, -0.15) is 0 Å². The summed E-state index contributed by atoms with van der Waals surface area (Å²) in [7, 11) is 0. The zero-order valence-corrected chi connectivity index (χ0v) is 10.7. The van der Waals surface area contributed by atoms with Gasteiger partial charge in [-0.1, -0.05) is 0 Å². The minimum atomic E-state index is -1.40. The van der Waals surface area contributed by atoms with E-state index in [-0.39, 0.29) is 0 Å². The van der Waals surface area contributed by atoms with E-state index >= 15 is 0 Å². The minimum absolute atomic E-state index is 0.987. The van der Waals surface area contributed by atoms with Crippen molar-refractivity contribution < 1.29 is 28.0 Å². The van der Waals surface area contributed by atoms with Crippen molar-refractivity contribution in [3.05, 3.63) is 35.9 Å². The van der Waals surface area contributed by atoms with Crippen molar-refractivity contribution in [2.45, 2.75) is 3.93 Å². The Hall–Kier alpha value is 0.115. The van der Waals surface area contributed by atoms with Crippen LogP contribution in [0, 0.1) is 0 Å². The first kappa shape index (κ1) is 7.22. The molecule has 0 aliphatic heterocycles. The average molecular weight is 309 g/mol. The Balaban J connectivity index is 2.61. The predicted octanol–water partition coefficient (Wildman–Crippen LogP) is 1.18. The summed E-state index contributed by atoms with van der Waals surface area (Å²) in [6.07, 6.45) is 0. The van der Waals surface area contributed by atoms with Gasteiger partial charge in [-0.3, -0.25) is 0 Å². The van der Waals surface area contributed by atoms with Crippen LogP contribution in [0.2, 0.25) is 0 Å². The van der Waals surface area contributed by atoms with Gasteiger partial charge >= 0.3 is 67.9 Å². The van der Waals surface area contributed by atoms with E-state index < -0.39 is 25.0 Å². The molecule has 1 N–H and O–H groups in total. The summed E-state index contributed by atoms with van der Waals surface area (Å²) in [4.78, 5) is 0. The van der Waals surface area contributed by atoms with Gasteiger partial charge in [0.1, 0.15) is 0 Å². The topological polar surface area (TPSA) is 20.2 Å². The molecule has 0 saturated heterocycles. The summed E-state index contributed by atoms with van der Waals surface area (Å²) >= 11 is -1.40. The quantitative estimate of drug-likeness (QED) is 0.814. The summed E-state index contributed by atoms with van der Waals surface area (Å²) in [5, 5.41) is 0. The van der Waals surface area contributed by atoms with Crippen molar-refractivity contribution >= 4 is 0 Å². The Morgan fingerprint density at radius 1 is 1.22 bits per heavy atom. The molecule has 0 atom stereocenters. The molecule has 9 heavy (non-hydrogen) atoms. The molecule has 0 aromatic heterocycles. The van der Waals surface area contributed by atoms with E-state index in [1.807, 2.05) is 18.2 Å². The summed E-state index contributed by atoms with van der Waals surface area (Å²) in [6, 6.07) is 10.2. The molecule has 0 amide bonds. The molecular weight excluding hydrogens is 301 g/mol. The van der Waals surface area contributed by atoms with Crippen LogP contribution in [0.15, 0.2) is 30.3 Å². The SMILES string of the molecule is [OH][Hg][CH2]c1ccccc1. The standard InChI is InChI=1S/C7H7.Hg.H2O/c1-7-5-3-2-4-6-7;;/h2-6H,1H2;;1H2/q;+1;/p-1. The second kappa shape index (κ2) is 4.02. The van der Waals surface area contributed by atoms with E-state index in [1.54, 1.807) is 0 Å². The van der Waals surface area contributed by atoms with E-state index in [0.717, 1.165) is 3.93 Å². The van der Waals surface area contributed by atoms with Gasteiger partial charge in [0.25, 0.3) is 0 Å². The van der Waals surface area contributed by atoms with Crippen LogP contribution in [0.5, 0.6) is 0 Å². The predicted molar refractivity (Wildman–Crippen MR) is 32.4 cm³/mol. The first-order valence-corrected chi connectivity index (χ1v) is 9.43. The number of rotatable bonds is 2. The van der Waals surface area contributed by atoms with E-state index in [1.165, 1.54) is 5.56 Å². The van der Waals surface area contributed by atoms with Crippen LogP contribution in [-0.2, 0) is 29.0 Å². The van der Waals surface area contributed by atoms with E-state index in [9.17, 15) is 0 Å². The molecule has 0 aliphatic rings. The third kappa shape index (κ3) is 2.46. The van der Waals surface area contributed by atoms with E-state index in [2.05, 4.69) is 12.1 Å². The molecule has 1 aromatic rings. The van der Waals surface area contributed by atoms with Crippen molar-refractivity contribution in [1.29, 1.82) is 0 Å². The van der Waals surface area contributed by atoms with Gasteiger partial charge in [-0.15, -0.1) is 0 Å². The Kier molecular flexibility index (Phi) is 3.22. The van der Waals surface area contributed by atoms with Gasteiger partial charge in [0.05, 0.1) is 0 Å². The van der Waals surface area contributed by atoms with Crippen LogP contribution < -0.4 is 0 Å². The van der Waals surface area contributed by atoms with E-state index in [0.29, 0.717) is 0 Å². The Morgan fingerprint density at radius 2 is 1.89 bits per heavy atom. The molecule has 0 bridgehead atoms. The summed E-state index contributed by atoms with van der Waals surface area (Å²) in [5.74, 6) is 0. The Labute approximate surface area is 67.8 Å². The second-order valence-corrected chi connectivity index (χ2v) is 5.64. The monoisotopic (exact) mass is 310 g/mol. The fraction of sp³-hybridized carbons (Fsp3) is 0.143. The molecular formula is C7H8HgO. The molecule has 1 aromatic carbocycles. The van der Waals surface area contributed by atoms with Gasteiger partial charge in [0.15, 0.2) is 0 Å². The Bertz CT molecular complexity index is 162. The molecule has 2 heteroatoms. The average Bonchev–Trinajstić information content (AvgIpc) is 1.91. The Morgan fingerprint density at radius 3 is 2.44 bits per heavy atom. The normalized spacial score (nSPS) is 8.56. The first-order chi connectivity index (χ1) is 4.43. The molecule has 0 saturated carbocycles. The van der Waals surface area contributed by atoms with Gasteiger partial charge in [-0.25, -0.2) is 0 Å². The fourth-order valence-corrected chi connectivity index (χ4v) is 3.07. The summed E-state index contributed by atoms with van der Waals surface area (Å²) in [6.45, 7) is 0. The second-order valence-electron chi connectivity index (χ2n) is 1.96. The van der Waals surface area contributed by atoms with Crippen LogP contribution in [-0.4, -0.2) is 3.01 Å². The molecule has 0 spiro atoms. The van der Waals surface area contributed by atoms with Gasteiger partial charge < -0.3 is 0 Å². The van der Waals surface area contributed by atoms with Crippen LogP contribution in [0.3, 0.4) is 0 Å². The number of hydrogen-bond donors (Lipinski definition) is 1. The zero-order valence-electron chi connectivity index (χ0n) is 5.25. The molecule has 1 rings (SSSR count). The van der Waals surface area contributed by atoms with Crippen molar-refractivity contribution in [2.75, 3.05) is 0 Å². The van der Waals surface area contributed by atoms with Crippen LogP contribution in [0.1, 0.15) is 5.56 Å². The molecule has 1 nitrogen and oxygen atoms in total. The zero-order chi connectivity index (χ0) is 6.53. The summed E-state index contributed by atoms with van der Waals surface area (Å²) in [5.41, 5.74) is 1.29. The maximum absolute atomic E-state index is 8.74. The van der Waals surface area contributed by atoms with Crippen LogP contribution in [0.4, 0.5) is 0 Å². The van der Waals surface area contributed by atoms with Crippen molar-refractivity contribution in [2.24, 2.45) is 0 Å². The van der Waals surface area contributed by atoms with Crippen LogP contribution >= 0.6 is 0 Å². The molecule has 0 heterocycles. The number of benzene rings is 1. The van der Waals surface area contributed by atoms with Crippen molar-refractivity contribution in [3.63, 3.8) is 0 Å². The van der Waals surface area contributed by atoms with Gasteiger partial charge in [0, 0.05) is 0 Å².